The van der Waals surface area contributed by atoms with Crippen LogP contribution < -0.4 is 0 Å². The highest BCUT2D eigenvalue weighted by atomic mass is 35.5. The Balaban J connectivity index is 2.79. The summed E-state index contributed by atoms with van der Waals surface area (Å²) >= 11 is 5.57. The smallest absolute Gasteiger partial charge is 0.226 e. The van der Waals surface area contributed by atoms with Crippen LogP contribution in [-0.4, -0.2) is 16.1 Å². The summed E-state index contributed by atoms with van der Waals surface area (Å²) in [5.41, 5.74) is -0.574. The molecule has 1 aromatic heterocycles. The van der Waals surface area contributed by atoms with E-state index in [-0.39, 0.29) is 16.5 Å². The van der Waals surface area contributed by atoms with Gasteiger partial charge >= 0.3 is 12.1 Å². The fourth-order valence-corrected chi connectivity index (χ4v) is 1.77. The van der Waals surface area contributed by atoms with Crippen molar-refractivity contribution in [2.45, 2.75) is 19.0 Å². The first-order valence-corrected chi connectivity index (χ1v) is 5.51. The SMILES string of the molecule is Cc1c(F)ccc2c(Cl)nc(C(F)(F)C(F)(F)F)nc12. The van der Waals surface area contributed by atoms with Gasteiger partial charge in [-0.25, -0.2) is 14.4 Å². The Labute approximate surface area is 113 Å². The van der Waals surface area contributed by atoms with Crippen LogP contribution >= 0.6 is 11.6 Å². The van der Waals surface area contributed by atoms with Crippen molar-refractivity contribution in [3.8, 4) is 0 Å². The van der Waals surface area contributed by atoms with Gasteiger partial charge < -0.3 is 0 Å². The second kappa shape index (κ2) is 4.47. The molecule has 0 spiro atoms. The van der Waals surface area contributed by atoms with E-state index in [1.807, 2.05) is 0 Å². The summed E-state index contributed by atoms with van der Waals surface area (Å²) in [6, 6.07) is 2.10. The normalized spacial score (nSPS) is 13.0. The van der Waals surface area contributed by atoms with E-state index in [1.165, 1.54) is 6.92 Å². The third-order valence-corrected chi connectivity index (χ3v) is 2.93. The molecule has 1 aromatic carbocycles. The number of rotatable bonds is 1. The molecular weight excluding hydrogens is 310 g/mol. The van der Waals surface area contributed by atoms with Gasteiger partial charge in [0.1, 0.15) is 11.0 Å². The van der Waals surface area contributed by atoms with Crippen LogP contribution in [0.25, 0.3) is 10.9 Å². The lowest BCUT2D eigenvalue weighted by molar-refractivity contribution is -0.292. The monoisotopic (exact) mass is 314 g/mol. The van der Waals surface area contributed by atoms with Crippen molar-refractivity contribution in [3.63, 3.8) is 0 Å². The number of alkyl halides is 5. The van der Waals surface area contributed by atoms with Crippen LogP contribution in [0.4, 0.5) is 26.3 Å². The van der Waals surface area contributed by atoms with Gasteiger partial charge in [0, 0.05) is 10.9 Å². The van der Waals surface area contributed by atoms with Crippen molar-refractivity contribution in [1.82, 2.24) is 9.97 Å². The maximum atomic E-state index is 13.3. The molecule has 20 heavy (non-hydrogen) atoms. The predicted octanol–water partition coefficient (Wildman–Crippen LogP) is 4.38. The third-order valence-electron chi connectivity index (χ3n) is 2.65. The molecule has 0 saturated heterocycles. The molecule has 2 nitrogen and oxygen atoms in total. The maximum Gasteiger partial charge on any atom is 0.461 e. The highest BCUT2D eigenvalue weighted by molar-refractivity contribution is 6.34. The second-order valence-electron chi connectivity index (χ2n) is 3.98. The average Bonchev–Trinajstić information content (AvgIpc) is 2.32. The van der Waals surface area contributed by atoms with Crippen molar-refractivity contribution >= 4 is 22.5 Å². The first-order chi connectivity index (χ1) is 9.05. The third kappa shape index (κ3) is 2.17. The van der Waals surface area contributed by atoms with Gasteiger partial charge in [-0.15, -0.1) is 0 Å². The average molecular weight is 315 g/mol. The number of nitrogens with zero attached hydrogens (tertiary/aromatic N) is 2. The number of hydrogen-bond donors (Lipinski definition) is 0. The molecule has 0 bridgehead atoms. The molecule has 0 amide bonds. The fourth-order valence-electron chi connectivity index (χ4n) is 1.54. The van der Waals surface area contributed by atoms with Gasteiger partial charge in [0.25, 0.3) is 0 Å². The number of benzene rings is 1. The molecule has 9 heteroatoms. The van der Waals surface area contributed by atoms with Gasteiger partial charge in [-0.2, -0.15) is 22.0 Å². The maximum absolute atomic E-state index is 13.3. The van der Waals surface area contributed by atoms with Gasteiger partial charge in [-0.05, 0) is 19.1 Å². The van der Waals surface area contributed by atoms with E-state index >= 15 is 0 Å². The van der Waals surface area contributed by atoms with Gasteiger partial charge in [-0.1, -0.05) is 11.6 Å². The molecule has 108 valence electrons. The van der Waals surface area contributed by atoms with Crippen molar-refractivity contribution in [2.24, 2.45) is 0 Å². The van der Waals surface area contributed by atoms with Crippen LogP contribution in [0.15, 0.2) is 12.1 Å². The Morgan fingerprint density at radius 2 is 1.65 bits per heavy atom. The Morgan fingerprint density at radius 3 is 2.20 bits per heavy atom. The fraction of sp³-hybridized carbons (Fsp3) is 0.273. The van der Waals surface area contributed by atoms with Crippen molar-refractivity contribution < 1.29 is 26.3 Å². The van der Waals surface area contributed by atoms with Gasteiger partial charge in [-0.3, -0.25) is 0 Å². The van der Waals surface area contributed by atoms with Crippen LogP contribution in [0, 0.1) is 12.7 Å². The largest absolute Gasteiger partial charge is 0.461 e. The van der Waals surface area contributed by atoms with E-state index in [1.54, 1.807) is 0 Å². The minimum absolute atomic E-state index is 0.00714. The minimum Gasteiger partial charge on any atom is -0.226 e. The van der Waals surface area contributed by atoms with Crippen molar-refractivity contribution in [3.05, 3.63) is 34.5 Å². The molecule has 0 N–H and O–H groups in total. The predicted molar refractivity (Wildman–Crippen MR) is 59.2 cm³/mol. The number of aromatic nitrogens is 2. The molecule has 2 rings (SSSR count). The quantitative estimate of drug-likeness (QED) is 0.576. The highest BCUT2D eigenvalue weighted by Gasteiger charge is 2.61. The van der Waals surface area contributed by atoms with E-state index < -0.39 is 28.9 Å². The summed E-state index contributed by atoms with van der Waals surface area (Å²) in [6.07, 6.45) is -5.87. The van der Waals surface area contributed by atoms with Gasteiger partial charge in [0.2, 0.25) is 5.82 Å². The molecule has 0 atom stereocenters. The summed E-state index contributed by atoms with van der Waals surface area (Å²) < 4.78 is 76.6. The Bertz CT molecular complexity index is 683. The molecule has 0 fully saturated rings. The number of hydrogen-bond acceptors (Lipinski definition) is 2. The lowest BCUT2D eigenvalue weighted by Crippen LogP contribution is -2.35. The zero-order valence-electron chi connectivity index (χ0n) is 9.69. The Kier molecular flexibility index (Phi) is 3.32. The summed E-state index contributed by atoms with van der Waals surface area (Å²) in [5, 5.41) is -0.607. The van der Waals surface area contributed by atoms with Gasteiger partial charge in [0.15, 0.2) is 0 Å². The number of aryl methyl sites for hydroxylation is 1. The van der Waals surface area contributed by atoms with Crippen molar-refractivity contribution in [1.29, 1.82) is 0 Å². The van der Waals surface area contributed by atoms with E-state index in [9.17, 15) is 26.3 Å². The number of fused-ring (bicyclic) bond motifs is 1. The Morgan fingerprint density at radius 1 is 1.05 bits per heavy atom. The second-order valence-corrected chi connectivity index (χ2v) is 4.34. The molecule has 0 aliphatic carbocycles. The first kappa shape index (κ1) is 14.8. The number of halogens is 7. The lowest BCUT2D eigenvalue weighted by atomic mass is 10.1. The molecular formula is C11H5ClF6N2. The lowest BCUT2D eigenvalue weighted by Gasteiger charge is -2.18. The van der Waals surface area contributed by atoms with E-state index in [0.29, 0.717) is 0 Å². The topological polar surface area (TPSA) is 25.8 Å². The van der Waals surface area contributed by atoms with E-state index in [4.69, 9.17) is 11.6 Å². The Hall–Kier alpha value is -1.57. The molecule has 2 aromatic rings. The molecule has 0 aliphatic heterocycles. The molecule has 0 saturated carbocycles. The van der Waals surface area contributed by atoms with Crippen LogP contribution in [-0.2, 0) is 5.92 Å². The zero-order chi connectivity index (χ0) is 15.3. The molecule has 0 aliphatic rings. The van der Waals surface area contributed by atoms with Crippen LogP contribution in [0.5, 0.6) is 0 Å². The minimum atomic E-state index is -5.87. The summed E-state index contributed by atoms with van der Waals surface area (Å²) in [7, 11) is 0. The van der Waals surface area contributed by atoms with Crippen molar-refractivity contribution in [2.75, 3.05) is 0 Å². The summed E-state index contributed by atoms with van der Waals surface area (Å²) in [6.45, 7) is 1.19. The molecule has 0 radical (unpaired) electrons. The van der Waals surface area contributed by atoms with E-state index in [0.717, 1.165) is 12.1 Å². The summed E-state index contributed by atoms with van der Waals surface area (Å²) in [5.74, 6) is -7.88. The molecule has 0 unspecified atom stereocenters. The molecule has 1 heterocycles. The van der Waals surface area contributed by atoms with Crippen LogP contribution in [0.3, 0.4) is 0 Å². The van der Waals surface area contributed by atoms with Crippen LogP contribution in [0.1, 0.15) is 11.4 Å². The summed E-state index contributed by atoms with van der Waals surface area (Å²) in [4.78, 5) is 6.10. The highest BCUT2D eigenvalue weighted by Crippen LogP contribution is 2.43. The zero-order valence-corrected chi connectivity index (χ0v) is 10.5. The van der Waals surface area contributed by atoms with Crippen LogP contribution in [0.2, 0.25) is 5.15 Å². The van der Waals surface area contributed by atoms with Gasteiger partial charge in [0.05, 0.1) is 5.52 Å². The van der Waals surface area contributed by atoms with E-state index in [2.05, 4.69) is 9.97 Å². The standard InChI is InChI=1S/C11H5ClF6N2/c1-4-6(13)3-2-5-7(4)19-9(20-8(5)12)10(14,15)11(16,17)18/h2-3H,1H3. The first-order valence-electron chi connectivity index (χ1n) is 5.13.